The van der Waals surface area contributed by atoms with E-state index in [0.717, 1.165) is 6.61 Å². The highest BCUT2D eigenvalue weighted by Gasteiger charge is 2.23. The molecule has 1 aromatic carbocycles. The molecule has 1 aromatic rings. The van der Waals surface area contributed by atoms with Crippen LogP contribution in [0.15, 0.2) is 30.3 Å². The zero-order valence-electron chi connectivity index (χ0n) is 9.42. The van der Waals surface area contributed by atoms with Crippen LogP contribution >= 0.6 is 0 Å². The van der Waals surface area contributed by atoms with Crippen molar-refractivity contribution in [3.05, 3.63) is 35.9 Å². The Morgan fingerprint density at radius 3 is 2.14 bits per heavy atom. The Labute approximate surface area is 88.2 Å². The van der Waals surface area contributed by atoms with E-state index in [4.69, 9.17) is 4.43 Å². The molecule has 0 saturated heterocycles. The van der Waals surface area contributed by atoms with Gasteiger partial charge in [-0.05, 0) is 24.2 Å². The van der Waals surface area contributed by atoms with E-state index in [1.807, 2.05) is 6.07 Å². The standard InChI is InChI=1S/C12H20OSi/c1-4-14(3,5-2)13-11-12-9-7-6-8-10-12/h6-10H,4-5,11H2,1-3H3. The summed E-state index contributed by atoms with van der Waals surface area (Å²) in [6.45, 7) is 7.57. The molecule has 0 aliphatic rings. The second kappa shape index (κ2) is 5.32. The van der Waals surface area contributed by atoms with Gasteiger partial charge in [-0.3, -0.25) is 0 Å². The maximum Gasteiger partial charge on any atom is 0.189 e. The fourth-order valence-electron chi connectivity index (χ4n) is 1.29. The summed E-state index contributed by atoms with van der Waals surface area (Å²) in [4.78, 5) is 0. The van der Waals surface area contributed by atoms with Crippen LogP contribution in [-0.4, -0.2) is 8.32 Å². The van der Waals surface area contributed by atoms with Crippen molar-refractivity contribution in [2.24, 2.45) is 0 Å². The van der Waals surface area contributed by atoms with E-state index in [2.05, 4.69) is 44.7 Å². The molecule has 0 heterocycles. The van der Waals surface area contributed by atoms with Crippen LogP contribution in [0.4, 0.5) is 0 Å². The zero-order valence-corrected chi connectivity index (χ0v) is 10.4. The molecule has 0 spiro atoms. The number of rotatable bonds is 5. The van der Waals surface area contributed by atoms with Crippen LogP contribution in [-0.2, 0) is 11.0 Å². The van der Waals surface area contributed by atoms with Crippen molar-refractivity contribution in [3.8, 4) is 0 Å². The van der Waals surface area contributed by atoms with Crippen molar-refractivity contribution in [1.29, 1.82) is 0 Å². The first-order chi connectivity index (χ1) is 6.70. The normalized spacial score (nSPS) is 11.6. The Bertz CT molecular complexity index is 254. The molecule has 0 bridgehead atoms. The monoisotopic (exact) mass is 208 g/mol. The van der Waals surface area contributed by atoms with Crippen molar-refractivity contribution in [1.82, 2.24) is 0 Å². The molecule has 0 fully saturated rings. The van der Waals surface area contributed by atoms with E-state index in [9.17, 15) is 0 Å². The highest BCUT2D eigenvalue weighted by Crippen LogP contribution is 2.18. The summed E-state index contributed by atoms with van der Waals surface area (Å²) in [7, 11) is -1.38. The molecule has 78 valence electrons. The van der Waals surface area contributed by atoms with Gasteiger partial charge in [0.1, 0.15) is 0 Å². The first-order valence-corrected chi connectivity index (χ1v) is 8.20. The van der Waals surface area contributed by atoms with E-state index in [1.54, 1.807) is 0 Å². The number of hydrogen-bond donors (Lipinski definition) is 0. The molecule has 0 aromatic heterocycles. The van der Waals surface area contributed by atoms with Gasteiger partial charge in [0, 0.05) is 0 Å². The lowest BCUT2D eigenvalue weighted by atomic mass is 10.2. The molecule has 0 N–H and O–H groups in total. The van der Waals surface area contributed by atoms with E-state index < -0.39 is 8.32 Å². The molecular weight excluding hydrogens is 188 g/mol. The van der Waals surface area contributed by atoms with E-state index in [1.165, 1.54) is 17.7 Å². The average Bonchev–Trinajstić information content (AvgIpc) is 2.27. The minimum atomic E-state index is -1.38. The van der Waals surface area contributed by atoms with Crippen LogP contribution in [0.1, 0.15) is 19.4 Å². The minimum Gasteiger partial charge on any atom is -0.413 e. The molecule has 0 amide bonds. The van der Waals surface area contributed by atoms with Crippen molar-refractivity contribution >= 4 is 8.32 Å². The molecule has 14 heavy (non-hydrogen) atoms. The Hall–Kier alpha value is -0.603. The molecule has 0 unspecified atom stereocenters. The van der Waals surface area contributed by atoms with Crippen LogP contribution in [0.25, 0.3) is 0 Å². The van der Waals surface area contributed by atoms with Crippen LogP contribution in [0, 0.1) is 0 Å². The molecule has 0 atom stereocenters. The zero-order chi connectivity index (χ0) is 10.4. The largest absolute Gasteiger partial charge is 0.413 e. The van der Waals surface area contributed by atoms with Gasteiger partial charge in [0.05, 0.1) is 6.61 Å². The molecule has 0 aliphatic heterocycles. The fourth-order valence-corrected chi connectivity index (χ4v) is 2.71. The van der Waals surface area contributed by atoms with Gasteiger partial charge in [-0.15, -0.1) is 0 Å². The lowest BCUT2D eigenvalue weighted by Crippen LogP contribution is -2.32. The van der Waals surface area contributed by atoms with Crippen molar-refractivity contribution in [2.45, 2.75) is 39.1 Å². The fraction of sp³-hybridized carbons (Fsp3) is 0.500. The quantitative estimate of drug-likeness (QED) is 0.668. The Morgan fingerprint density at radius 1 is 1.07 bits per heavy atom. The molecule has 0 aliphatic carbocycles. The Kier molecular flexibility index (Phi) is 4.36. The summed E-state index contributed by atoms with van der Waals surface area (Å²) in [5, 5.41) is 0. The van der Waals surface area contributed by atoms with Crippen molar-refractivity contribution in [3.63, 3.8) is 0 Å². The topological polar surface area (TPSA) is 9.23 Å². The van der Waals surface area contributed by atoms with Gasteiger partial charge in [-0.2, -0.15) is 0 Å². The highest BCUT2D eigenvalue weighted by molar-refractivity contribution is 6.72. The SMILES string of the molecule is CC[Si](C)(CC)OCc1ccccc1. The predicted octanol–water partition coefficient (Wildman–Crippen LogP) is 3.82. The summed E-state index contributed by atoms with van der Waals surface area (Å²) in [5.41, 5.74) is 1.29. The van der Waals surface area contributed by atoms with Gasteiger partial charge >= 0.3 is 0 Å². The molecular formula is C12H20OSi. The average molecular weight is 208 g/mol. The van der Waals surface area contributed by atoms with Crippen LogP contribution in [0.3, 0.4) is 0 Å². The first-order valence-electron chi connectivity index (χ1n) is 5.38. The maximum absolute atomic E-state index is 6.05. The smallest absolute Gasteiger partial charge is 0.189 e. The third-order valence-corrected chi connectivity index (χ3v) is 6.76. The van der Waals surface area contributed by atoms with Gasteiger partial charge in [0.15, 0.2) is 8.32 Å². The van der Waals surface area contributed by atoms with Crippen molar-refractivity contribution < 1.29 is 4.43 Å². The molecule has 0 saturated carbocycles. The summed E-state index contributed by atoms with van der Waals surface area (Å²) in [6, 6.07) is 12.8. The summed E-state index contributed by atoms with van der Waals surface area (Å²) in [5.74, 6) is 0. The van der Waals surface area contributed by atoms with Crippen LogP contribution in [0.2, 0.25) is 18.6 Å². The molecule has 2 heteroatoms. The lowest BCUT2D eigenvalue weighted by molar-refractivity contribution is 0.291. The van der Waals surface area contributed by atoms with E-state index in [0.29, 0.717) is 0 Å². The van der Waals surface area contributed by atoms with Crippen molar-refractivity contribution in [2.75, 3.05) is 0 Å². The molecule has 1 rings (SSSR count). The second-order valence-electron chi connectivity index (χ2n) is 3.93. The van der Waals surface area contributed by atoms with Gasteiger partial charge in [0.25, 0.3) is 0 Å². The van der Waals surface area contributed by atoms with Gasteiger partial charge in [-0.1, -0.05) is 44.2 Å². The highest BCUT2D eigenvalue weighted by atomic mass is 28.4. The maximum atomic E-state index is 6.05. The van der Waals surface area contributed by atoms with Gasteiger partial charge in [-0.25, -0.2) is 0 Å². The molecule has 1 nitrogen and oxygen atoms in total. The second-order valence-corrected chi connectivity index (χ2v) is 8.53. The summed E-state index contributed by atoms with van der Waals surface area (Å²) < 4.78 is 6.05. The Balaban J connectivity index is 2.48. The lowest BCUT2D eigenvalue weighted by Gasteiger charge is -2.24. The number of benzene rings is 1. The van der Waals surface area contributed by atoms with Gasteiger partial charge < -0.3 is 4.43 Å². The molecule has 0 radical (unpaired) electrons. The van der Waals surface area contributed by atoms with Crippen LogP contribution in [0.5, 0.6) is 0 Å². The summed E-state index contributed by atoms with van der Waals surface area (Å²) in [6.07, 6.45) is 0. The predicted molar refractivity (Wildman–Crippen MR) is 63.8 cm³/mol. The van der Waals surface area contributed by atoms with E-state index in [-0.39, 0.29) is 0 Å². The third-order valence-electron chi connectivity index (χ3n) is 2.93. The Morgan fingerprint density at radius 2 is 1.64 bits per heavy atom. The third kappa shape index (κ3) is 3.27. The van der Waals surface area contributed by atoms with Gasteiger partial charge in [0.2, 0.25) is 0 Å². The summed E-state index contributed by atoms with van der Waals surface area (Å²) >= 11 is 0. The first kappa shape index (κ1) is 11.5. The number of hydrogen-bond acceptors (Lipinski definition) is 1. The minimum absolute atomic E-state index is 0.783. The van der Waals surface area contributed by atoms with E-state index >= 15 is 0 Å². The van der Waals surface area contributed by atoms with Crippen LogP contribution < -0.4 is 0 Å².